The highest BCUT2D eigenvalue weighted by atomic mass is 16.3. The Morgan fingerprint density at radius 2 is 2.29 bits per heavy atom. The lowest BCUT2D eigenvalue weighted by Crippen LogP contribution is -2.13. The molecule has 1 aromatic rings. The molecule has 0 saturated heterocycles. The molecule has 17 heavy (non-hydrogen) atoms. The normalized spacial score (nSPS) is 20.0. The second-order valence-corrected chi connectivity index (χ2v) is 4.61. The number of amides is 1. The van der Waals surface area contributed by atoms with Crippen molar-refractivity contribution in [2.45, 2.75) is 31.4 Å². The Labute approximate surface area is 98.5 Å². The zero-order valence-corrected chi connectivity index (χ0v) is 9.31. The van der Waals surface area contributed by atoms with E-state index >= 15 is 0 Å². The first-order chi connectivity index (χ1) is 8.20. The number of aliphatic hydroxyl groups excluding tert-OH is 2. The summed E-state index contributed by atoms with van der Waals surface area (Å²) in [4.78, 5) is 16.1. The molecule has 2 aliphatic rings. The smallest absolute Gasteiger partial charge is 0.252 e. The second-order valence-electron chi connectivity index (χ2n) is 4.61. The fourth-order valence-corrected chi connectivity index (χ4v) is 2.22. The molecule has 1 amide bonds. The Morgan fingerprint density at radius 1 is 1.53 bits per heavy atom. The van der Waals surface area contributed by atoms with Crippen LogP contribution in [0.4, 0.5) is 0 Å². The summed E-state index contributed by atoms with van der Waals surface area (Å²) >= 11 is 0. The molecule has 0 aromatic carbocycles. The SMILES string of the molecule is O=C1NCc2c1cc(C(O)CO)nc2C1CC1. The third-order valence-electron chi connectivity index (χ3n) is 3.32. The van der Waals surface area contributed by atoms with E-state index in [4.69, 9.17) is 5.11 Å². The molecule has 0 radical (unpaired) electrons. The number of hydrogen-bond donors (Lipinski definition) is 3. The van der Waals surface area contributed by atoms with Crippen LogP contribution in [0.15, 0.2) is 6.07 Å². The molecule has 0 bridgehead atoms. The number of carbonyl (C=O) groups is 1. The number of aliphatic hydroxyl groups is 2. The Kier molecular flexibility index (Phi) is 2.38. The van der Waals surface area contributed by atoms with Crippen molar-refractivity contribution in [3.63, 3.8) is 0 Å². The lowest BCUT2D eigenvalue weighted by molar-refractivity contribution is 0.0915. The van der Waals surface area contributed by atoms with Crippen molar-refractivity contribution < 1.29 is 15.0 Å². The molecule has 1 atom stereocenters. The van der Waals surface area contributed by atoms with Gasteiger partial charge in [0.2, 0.25) is 0 Å². The van der Waals surface area contributed by atoms with Gasteiger partial charge in [-0.2, -0.15) is 0 Å². The van der Waals surface area contributed by atoms with Crippen LogP contribution < -0.4 is 5.32 Å². The Morgan fingerprint density at radius 3 is 2.94 bits per heavy atom. The van der Waals surface area contributed by atoms with Crippen LogP contribution in [0.5, 0.6) is 0 Å². The van der Waals surface area contributed by atoms with Crippen molar-refractivity contribution in [3.05, 3.63) is 28.6 Å². The molecule has 90 valence electrons. The number of fused-ring (bicyclic) bond motifs is 1. The summed E-state index contributed by atoms with van der Waals surface area (Å²) in [7, 11) is 0. The van der Waals surface area contributed by atoms with Crippen LogP contribution in [-0.2, 0) is 6.54 Å². The summed E-state index contributed by atoms with van der Waals surface area (Å²) in [5.41, 5.74) is 2.88. The minimum Gasteiger partial charge on any atom is -0.393 e. The number of nitrogens with zero attached hydrogens (tertiary/aromatic N) is 1. The zero-order valence-electron chi connectivity index (χ0n) is 9.31. The van der Waals surface area contributed by atoms with Crippen molar-refractivity contribution in [2.75, 3.05) is 6.61 Å². The summed E-state index contributed by atoms with van der Waals surface area (Å²) in [5.74, 6) is 0.304. The first kappa shape index (κ1) is 10.7. The van der Waals surface area contributed by atoms with Gasteiger partial charge in [0, 0.05) is 29.3 Å². The first-order valence-corrected chi connectivity index (χ1v) is 5.81. The average molecular weight is 234 g/mol. The summed E-state index contributed by atoms with van der Waals surface area (Å²) in [5, 5.41) is 21.4. The van der Waals surface area contributed by atoms with Gasteiger partial charge in [0.25, 0.3) is 5.91 Å². The van der Waals surface area contributed by atoms with Crippen LogP contribution in [0.2, 0.25) is 0 Å². The molecule has 3 N–H and O–H groups in total. The molecule has 2 heterocycles. The third kappa shape index (κ3) is 1.71. The Hall–Kier alpha value is -1.46. The minimum absolute atomic E-state index is 0.115. The third-order valence-corrected chi connectivity index (χ3v) is 3.32. The van der Waals surface area contributed by atoms with Crippen molar-refractivity contribution in [2.24, 2.45) is 0 Å². The zero-order chi connectivity index (χ0) is 12.0. The van der Waals surface area contributed by atoms with Gasteiger partial charge < -0.3 is 15.5 Å². The van der Waals surface area contributed by atoms with Crippen LogP contribution in [0.1, 0.15) is 52.2 Å². The van der Waals surface area contributed by atoms with E-state index < -0.39 is 6.10 Å². The van der Waals surface area contributed by atoms with E-state index in [2.05, 4.69) is 10.3 Å². The monoisotopic (exact) mass is 234 g/mol. The molecule has 1 aliphatic carbocycles. The first-order valence-electron chi connectivity index (χ1n) is 5.81. The van der Waals surface area contributed by atoms with Crippen LogP contribution in [0.25, 0.3) is 0 Å². The fraction of sp³-hybridized carbons (Fsp3) is 0.500. The standard InChI is InChI=1S/C12H14N2O3/c15-5-10(16)9-3-7-8(4-13-12(7)17)11(14-9)6-1-2-6/h3,6,10,15-16H,1-2,4-5H2,(H,13,17). The lowest BCUT2D eigenvalue weighted by Gasteiger charge is -2.11. The largest absolute Gasteiger partial charge is 0.393 e. The van der Waals surface area contributed by atoms with Crippen LogP contribution >= 0.6 is 0 Å². The molecule has 5 heteroatoms. The van der Waals surface area contributed by atoms with Gasteiger partial charge in [-0.1, -0.05) is 0 Å². The molecular weight excluding hydrogens is 220 g/mol. The second kappa shape index (κ2) is 3.78. The van der Waals surface area contributed by atoms with E-state index in [1.165, 1.54) is 0 Å². The summed E-state index contributed by atoms with van der Waals surface area (Å²) in [6.07, 6.45) is 1.17. The quantitative estimate of drug-likeness (QED) is 0.699. The predicted molar refractivity (Wildman–Crippen MR) is 59.4 cm³/mol. The number of carbonyl (C=O) groups excluding carboxylic acids is 1. The van der Waals surface area contributed by atoms with E-state index in [1.807, 2.05) is 0 Å². The highest BCUT2D eigenvalue weighted by Gasteiger charge is 2.33. The molecule has 1 aliphatic heterocycles. The molecule has 1 unspecified atom stereocenters. The molecule has 0 spiro atoms. The van der Waals surface area contributed by atoms with E-state index in [0.717, 1.165) is 24.1 Å². The molecule has 1 aromatic heterocycles. The van der Waals surface area contributed by atoms with Crippen molar-refractivity contribution in [1.82, 2.24) is 10.3 Å². The van der Waals surface area contributed by atoms with E-state index in [9.17, 15) is 9.90 Å². The van der Waals surface area contributed by atoms with Crippen molar-refractivity contribution in [3.8, 4) is 0 Å². The fourth-order valence-electron chi connectivity index (χ4n) is 2.22. The van der Waals surface area contributed by atoms with Crippen LogP contribution in [0, 0.1) is 0 Å². The van der Waals surface area contributed by atoms with Gasteiger partial charge in [-0.3, -0.25) is 9.78 Å². The Balaban J connectivity index is 2.11. The van der Waals surface area contributed by atoms with Crippen LogP contribution in [0.3, 0.4) is 0 Å². The lowest BCUT2D eigenvalue weighted by atomic mass is 10.0. The van der Waals surface area contributed by atoms with Crippen molar-refractivity contribution >= 4 is 5.91 Å². The number of hydrogen-bond acceptors (Lipinski definition) is 4. The van der Waals surface area contributed by atoms with E-state index in [-0.39, 0.29) is 12.5 Å². The summed E-state index contributed by atoms with van der Waals surface area (Å²) < 4.78 is 0. The maximum absolute atomic E-state index is 11.6. The summed E-state index contributed by atoms with van der Waals surface area (Å²) in [6.45, 7) is 0.153. The molecule has 5 nitrogen and oxygen atoms in total. The molecular formula is C12H14N2O3. The van der Waals surface area contributed by atoms with Gasteiger partial charge in [0.1, 0.15) is 6.10 Å². The number of nitrogens with one attached hydrogen (secondary N) is 1. The molecule has 1 saturated carbocycles. The summed E-state index contributed by atoms with van der Waals surface area (Å²) in [6, 6.07) is 1.59. The van der Waals surface area contributed by atoms with Gasteiger partial charge in [-0.15, -0.1) is 0 Å². The topological polar surface area (TPSA) is 82.5 Å². The van der Waals surface area contributed by atoms with Gasteiger partial charge in [0.15, 0.2) is 0 Å². The van der Waals surface area contributed by atoms with E-state index in [0.29, 0.717) is 23.7 Å². The van der Waals surface area contributed by atoms with Crippen molar-refractivity contribution in [1.29, 1.82) is 0 Å². The number of pyridine rings is 1. The molecule has 1 fully saturated rings. The highest BCUT2D eigenvalue weighted by Crippen LogP contribution is 2.42. The molecule has 3 rings (SSSR count). The van der Waals surface area contributed by atoms with Gasteiger partial charge >= 0.3 is 0 Å². The average Bonchev–Trinajstić information content (AvgIpc) is 3.13. The van der Waals surface area contributed by atoms with Gasteiger partial charge in [0.05, 0.1) is 12.3 Å². The van der Waals surface area contributed by atoms with Gasteiger partial charge in [-0.25, -0.2) is 0 Å². The van der Waals surface area contributed by atoms with E-state index in [1.54, 1.807) is 6.07 Å². The number of rotatable bonds is 3. The number of aromatic nitrogens is 1. The minimum atomic E-state index is -1.01. The predicted octanol–water partition coefficient (Wildman–Crippen LogP) is 0.228. The van der Waals surface area contributed by atoms with Crippen LogP contribution in [-0.4, -0.2) is 27.7 Å². The Bertz CT molecular complexity index is 483. The maximum atomic E-state index is 11.6. The van der Waals surface area contributed by atoms with Gasteiger partial charge in [-0.05, 0) is 18.9 Å². The maximum Gasteiger partial charge on any atom is 0.252 e. The highest BCUT2D eigenvalue weighted by molar-refractivity contribution is 5.98.